The van der Waals surface area contributed by atoms with E-state index in [-0.39, 0.29) is 5.82 Å². The predicted octanol–water partition coefficient (Wildman–Crippen LogP) is 3.89. The Balaban J connectivity index is 2.63. The second-order valence-electron chi connectivity index (χ2n) is 4.03. The van der Waals surface area contributed by atoms with Gasteiger partial charge in [-0.2, -0.15) is 0 Å². The monoisotopic (exact) mass is 217 g/mol. The van der Waals surface area contributed by atoms with Crippen molar-refractivity contribution < 1.29 is 4.39 Å². The zero-order valence-corrected chi connectivity index (χ0v) is 9.76. The molecule has 0 saturated carbocycles. The number of rotatable bonds is 3. The highest BCUT2D eigenvalue weighted by atomic mass is 19.1. The molecule has 84 valence electrons. The first-order valence-corrected chi connectivity index (χ1v) is 5.82. The molecule has 0 aliphatic heterocycles. The van der Waals surface area contributed by atoms with E-state index in [1.54, 1.807) is 6.07 Å². The fraction of sp³-hybridized carbons (Fsp3) is 0.357. The SMILES string of the molecule is CCCc1cc2cc(F)ccc2c(CC)n1. The van der Waals surface area contributed by atoms with E-state index in [0.29, 0.717) is 0 Å². The van der Waals surface area contributed by atoms with Gasteiger partial charge in [-0.15, -0.1) is 0 Å². The fourth-order valence-corrected chi connectivity index (χ4v) is 2.01. The minimum atomic E-state index is -0.178. The maximum Gasteiger partial charge on any atom is 0.123 e. The Kier molecular flexibility index (Phi) is 3.18. The Morgan fingerprint density at radius 3 is 2.69 bits per heavy atom. The van der Waals surface area contributed by atoms with Crippen LogP contribution in [0.1, 0.15) is 31.7 Å². The van der Waals surface area contributed by atoms with Crippen molar-refractivity contribution in [3.63, 3.8) is 0 Å². The summed E-state index contributed by atoms with van der Waals surface area (Å²) in [5, 5.41) is 2.04. The van der Waals surface area contributed by atoms with Crippen LogP contribution in [0, 0.1) is 5.82 Å². The van der Waals surface area contributed by atoms with Crippen LogP contribution >= 0.6 is 0 Å². The summed E-state index contributed by atoms with van der Waals surface area (Å²) in [6.07, 6.45) is 2.91. The van der Waals surface area contributed by atoms with Gasteiger partial charge in [0.15, 0.2) is 0 Å². The summed E-state index contributed by atoms with van der Waals surface area (Å²) in [5.41, 5.74) is 2.14. The lowest BCUT2D eigenvalue weighted by molar-refractivity contribution is 0.629. The van der Waals surface area contributed by atoms with Crippen molar-refractivity contribution in [3.05, 3.63) is 41.5 Å². The van der Waals surface area contributed by atoms with Gasteiger partial charge in [-0.3, -0.25) is 4.98 Å². The molecule has 0 radical (unpaired) electrons. The Hall–Kier alpha value is -1.44. The molecule has 2 rings (SSSR count). The van der Waals surface area contributed by atoms with Crippen LogP contribution in [-0.4, -0.2) is 4.98 Å². The molecular formula is C14H16FN. The summed E-state index contributed by atoms with van der Waals surface area (Å²) < 4.78 is 13.2. The number of aromatic nitrogens is 1. The molecule has 0 amide bonds. The van der Waals surface area contributed by atoms with Gasteiger partial charge in [0.25, 0.3) is 0 Å². The normalized spacial score (nSPS) is 10.9. The summed E-state index contributed by atoms with van der Waals surface area (Å²) in [4.78, 5) is 4.62. The van der Waals surface area contributed by atoms with Crippen LogP contribution < -0.4 is 0 Å². The molecule has 1 heterocycles. The van der Waals surface area contributed by atoms with Crippen LogP contribution in [0.2, 0.25) is 0 Å². The molecule has 0 aliphatic rings. The molecule has 0 spiro atoms. The van der Waals surface area contributed by atoms with Crippen LogP contribution in [0.3, 0.4) is 0 Å². The predicted molar refractivity (Wildman–Crippen MR) is 65.1 cm³/mol. The van der Waals surface area contributed by atoms with Crippen molar-refractivity contribution in [1.82, 2.24) is 4.98 Å². The number of nitrogens with zero attached hydrogens (tertiary/aromatic N) is 1. The smallest absolute Gasteiger partial charge is 0.123 e. The van der Waals surface area contributed by atoms with Gasteiger partial charge < -0.3 is 0 Å². The first-order valence-electron chi connectivity index (χ1n) is 5.82. The Bertz CT molecular complexity index is 505. The lowest BCUT2D eigenvalue weighted by Gasteiger charge is -2.07. The molecule has 1 aromatic carbocycles. The van der Waals surface area contributed by atoms with E-state index in [1.807, 2.05) is 12.1 Å². The second-order valence-corrected chi connectivity index (χ2v) is 4.03. The van der Waals surface area contributed by atoms with E-state index in [0.717, 1.165) is 41.4 Å². The molecule has 2 aromatic rings. The molecule has 0 saturated heterocycles. The molecule has 0 aliphatic carbocycles. The van der Waals surface area contributed by atoms with Crippen LogP contribution in [0.4, 0.5) is 4.39 Å². The first-order chi connectivity index (χ1) is 7.74. The minimum absolute atomic E-state index is 0.178. The van der Waals surface area contributed by atoms with E-state index in [4.69, 9.17) is 0 Å². The summed E-state index contributed by atoms with van der Waals surface area (Å²) in [5.74, 6) is -0.178. The molecule has 1 aromatic heterocycles. The highest BCUT2D eigenvalue weighted by molar-refractivity contribution is 5.85. The molecule has 0 fully saturated rings. The maximum atomic E-state index is 13.2. The van der Waals surface area contributed by atoms with Gasteiger partial charge in [-0.1, -0.05) is 20.3 Å². The summed E-state index contributed by atoms with van der Waals surface area (Å²) in [7, 11) is 0. The van der Waals surface area contributed by atoms with Crippen molar-refractivity contribution in [2.75, 3.05) is 0 Å². The van der Waals surface area contributed by atoms with Crippen molar-refractivity contribution in [2.45, 2.75) is 33.1 Å². The number of hydrogen-bond acceptors (Lipinski definition) is 1. The standard InChI is InChI=1S/C14H16FN/c1-3-5-12-9-10-8-11(15)6-7-13(10)14(4-2)16-12/h6-9H,3-5H2,1-2H3. The number of benzene rings is 1. The number of aryl methyl sites for hydroxylation is 2. The van der Waals surface area contributed by atoms with Gasteiger partial charge in [0.05, 0.1) is 0 Å². The quantitative estimate of drug-likeness (QED) is 0.760. The highest BCUT2D eigenvalue weighted by Gasteiger charge is 2.05. The maximum absolute atomic E-state index is 13.2. The zero-order chi connectivity index (χ0) is 11.5. The van der Waals surface area contributed by atoms with Crippen LogP contribution in [-0.2, 0) is 12.8 Å². The third-order valence-corrected chi connectivity index (χ3v) is 2.77. The number of fused-ring (bicyclic) bond motifs is 1. The fourth-order valence-electron chi connectivity index (χ4n) is 2.01. The van der Waals surface area contributed by atoms with E-state index in [9.17, 15) is 4.39 Å². The van der Waals surface area contributed by atoms with E-state index < -0.39 is 0 Å². The van der Waals surface area contributed by atoms with E-state index >= 15 is 0 Å². The molecule has 0 atom stereocenters. The molecule has 0 N–H and O–H groups in total. The lowest BCUT2D eigenvalue weighted by atomic mass is 10.1. The Labute approximate surface area is 95.3 Å². The minimum Gasteiger partial charge on any atom is -0.257 e. The van der Waals surface area contributed by atoms with Crippen LogP contribution in [0.15, 0.2) is 24.3 Å². The topological polar surface area (TPSA) is 12.9 Å². The second kappa shape index (κ2) is 4.60. The van der Waals surface area contributed by atoms with Crippen molar-refractivity contribution in [2.24, 2.45) is 0 Å². The summed E-state index contributed by atoms with van der Waals surface area (Å²) >= 11 is 0. The summed E-state index contributed by atoms with van der Waals surface area (Å²) in [6.45, 7) is 4.21. The van der Waals surface area contributed by atoms with Gasteiger partial charge in [0, 0.05) is 16.8 Å². The van der Waals surface area contributed by atoms with Crippen molar-refractivity contribution in [3.8, 4) is 0 Å². The van der Waals surface area contributed by atoms with Gasteiger partial charge in [0.1, 0.15) is 5.82 Å². The Morgan fingerprint density at radius 2 is 2.00 bits per heavy atom. The number of hydrogen-bond donors (Lipinski definition) is 0. The Morgan fingerprint density at radius 1 is 1.19 bits per heavy atom. The molecule has 0 bridgehead atoms. The van der Waals surface area contributed by atoms with E-state index in [1.165, 1.54) is 6.07 Å². The number of halogens is 1. The van der Waals surface area contributed by atoms with Crippen LogP contribution in [0.25, 0.3) is 10.8 Å². The third-order valence-electron chi connectivity index (χ3n) is 2.77. The van der Waals surface area contributed by atoms with Gasteiger partial charge in [-0.05, 0) is 42.5 Å². The lowest BCUT2D eigenvalue weighted by Crippen LogP contribution is -1.96. The highest BCUT2D eigenvalue weighted by Crippen LogP contribution is 2.21. The first kappa shape index (κ1) is 11.1. The van der Waals surface area contributed by atoms with Crippen LogP contribution in [0.5, 0.6) is 0 Å². The average molecular weight is 217 g/mol. The van der Waals surface area contributed by atoms with Crippen molar-refractivity contribution in [1.29, 1.82) is 0 Å². The largest absolute Gasteiger partial charge is 0.257 e. The number of pyridine rings is 1. The molecule has 2 heteroatoms. The zero-order valence-electron chi connectivity index (χ0n) is 9.76. The van der Waals surface area contributed by atoms with Gasteiger partial charge in [-0.25, -0.2) is 4.39 Å². The molecule has 16 heavy (non-hydrogen) atoms. The van der Waals surface area contributed by atoms with Gasteiger partial charge in [0.2, 0.25) is 0 Å². The molecule has 1 nitrogen and oxygen atoms in total. The van der Waals surface area contributed by atoms with Crippen molar-refractivity contribution >= 4 is 10.8 Å². The molecule has 0 unspecified atom stereocenters. The average Bonchev–Trinajstić information content (AvgIpc) is 2.27. The summed E-state index contributed by atoms with van der Waals surface area (Å²) in [6, 6.07) is 6.92. The third kappa shape index (κ3) is 2.06. The van der Waals surface area contributed by atoms with E-state index in [2.05, 4.69) is 18.8 Å². The van der Waals surface area contributed by atoms with Gasteiger partial charge >= 0.3 is 0 Å². The molecular weight excluding hydrogens is 201 g/mol.